The Labute approximate surface area is 181 Å². The van der Waals surface area contributed by atoms with Crippen molar-refractivity contribution >= 4 is 16.9 Å². The summed E-state index contributed by atoms with van der Waals surface area (Å²) in [5.74, 6) is 5.31. The lowest BCUT2D eigenvalue weighted by atomic mass is 9.97. The minimum absolute atomic E-state index is 0.0159. The van der Waals surface area contributed by atoms with E-state index >= 15 is 0 Å². The molecule has 2 bridgehead atoms. The standard InChI is InChI=1S/C23H20F2N4O2/c1-12(26)6-7-13-8-9-15-16(10-13)29-17-11-18(21(29)27-15)28(2)22(30)14-4-3-5-19(20(14)17)31-23(24)25/h3-5,8-10,12,17-18,23H,11,26H2,1-2H3/t12-,17-,18-/m1/s1/i2D3. The van der Waals surface area contributed by atoms with Crippen molar-refractivity contribution in [3.8, 4) is 17.6 Å². The summed E-state index contributed by atoms with van der Waals surface area (Å²) < 4.78 is 57.2. The number of rotatable bonds is 2. The number of hydrogen-bond donors (Lipinski definition) is 1. The molecular formula is C23H20F2N4O2. The maximum atomic E-state index is 13.4. The highest BCUT2D eigenvalue weighted by atomic mass is 19.3. The van der Waals surface area contributed by atoms with Crippen LogP contribution in [0.15, 0.2) is 36.4 Å². The fourth-order valence-corrected chi connectivity index (χ4v) is 4.38. The number of halogens is 2. The molecule has 0 saturated heterocycles. The molecule has 158 valence electrons. The Hall–Kier alpha value is -3.44. The molecule has 0 fully saturated rings. The van der Waals surface area contributed by atoms with Crippen LogP contribution >= 0.6 is 0 Å². The summed E-state index contributed by atoms with van der Waals surface area (Å²) in [6, 6.07) is 7.69. The van der Waals surface area contributed by atoms with Crippen LogP contribution in [0, 0.1) is 11.8 Å². The van der Waals surface area contributed by atoms with Crippen molar-refractivity contribution in [3.63, 3.8) is 0 Å². The van der Waals surface area contributed by atoms with Crippen molar-refractivity contribution in [2.75, 3.05) is 6.98 Å². The van der Waals surface area contributed by atoms with Gasteiger partial charge in [-0.3, -0.25) is 4.79 Å². The molecule has 0 saturated carbocycles. The second-order valence-electron chi connectivity index (χ2n) is 7.64. The first-order valence-electron chi connectivity index (χ1n) is 11.3. The number of alkyl halides is 2. The van der Waals surface area contributed by atoms with Gasteiger partial charge in [-0.1, -0.05) is 17.9 Å². The van der Waals surface area contributed by atoms with Crippen molar-refractivity contribution in [2.45, 2.75) is 38.1 Å². The summed E-state index contributed by atoms with van der Waals surface area (Å²) >= 11 is 0. The Kier molecular flexibility index (Phi) is 3.71. The van der Waals surface area contributed by atoms with Crippen molar-refractivity contribution in [1.82, 2.24) is 14.5 Å². The van der Waals surface area contributed by atoms with Crippen LogP contribution in [0.4, 0.5) is 8.78 Å². The van der Waals surface area contributed by atoms with E-state index in [0.29, 0.717) is 22.4 Å². The number of benzene rings is 2. The molecule has 0 unspecified atom stereocenters. The van der Waals surface area contributed by atoms with E-state index in [2.05, 4.69) is 16.8 Å². The molecule has 2 N–H and O–H groups in total. The topological polar surface area (TPSA) is 73.4 Å². The molecule has 5 rings (SSSR count). The molecular weight excluding hydrogens is 402 g/mol. The van der Waals surface area contributed by atoms with E-state index in [-0.39, 0.29) is 29.3 Å². The molecule has 31 heavy (non-hydrogen) atoms. The fraction of sp³-hybridized carbons (Fsp3) is 0.304. The van der Waals surface area contributed by atoms with Crippen LogP contribution < -0.4 is 10.5 Å². The minimum atomic E-state index is -3.11. The number of ether oxygens (including phenoxy) is 1. The van der Waals surface area contributed by atoms with E-state index in [9.17, 15) is 13.6 Å². The summed E-state index contributed by atoms with van der Waals surface area (Å²) in [5.41, 5.74) is 7.86. The van der Waals surface area contributed by atoms with Crippen molar-refractivity contribution in [1.29, 1.82) is 0 Å². The lowest BCUT2D eigenvalue weighted by Gasteiger charge is -2.24. The lowest BCUT2D eigenvalue weighted by Crippen LogP contribution is -2.30. The second-order valence-corrected chi connectivity index (χ2v) is 7.64. The number of carbonyl (C=O) groups excluding carboxylic acids is 1. The first-order valence-corrected chi connectivity index (χ1v) is 9.76. The van der Waals surface area contributed by atoms with Gasteiger partial charge in [0.15, 0.2) is 0 Å². The van der Waals surface area contributed by atoms with Crippen LogP contribution in [0.3, 0.4) is 0 Å². The zero-order chi connectivity index (χ0) is 24.4. The second kappa shape index (κ2) is 7.06. The highest BCUT2D eigenvalue weighted by Gasteiger charge is 2.44. The third-order valence-corrected chi connectivity index (χ3v) is 5.59. The minimum Gasteiger partial charge on any atom is -0.434 e. The Morgan fingerprint density at radius 3 is 2.90 bits per heavy atom. The highest BCUT2D eigenvalue weighted by Crippen LogP contribution is 2.49. The molecule has 2 aliphatic heterocycles. The Morgan fingerprint density at radius 2 is 2.16 bits per heavy atom. The quantitative estimate of drug-likeness (QED) is 0.639. The maximum absolute atomic E-state index is 13.4. The molecule has 3 aromatic rings. The Balaban J connectivity index is 1.79. The van der Waals surface area contributed by atoms with Gasteiger partial charge in [-0.2, -0.15) is 8.78 Å². The van der Waals surface area contributed by atoms with Crippen LogP contribution in [0.1, 0.15) is 56.8 Å². The monoisotopic (exact) mass is 425 g/mol. The summed E-state index contributed by atoms with van der Waals surface area (Å²) in [6.07, 6.45) is 0.161. The average Bonchev–Trinajstić information content (AvgIpc) is 3.24. The molecule has 1 aromatic heterocycles. The number of carbonyl (C=O) groups is 1. The van der Waals surface area contributed by atoms with E-state index < -0.39 is 31.6 Å². The summed E-state index contributed by atoms with van der Waals surface area (Å²) in [5, 5.41) is 0. The molecule has 2 aromatic carbocycles. The molecule has 3 atom stereocenters. The number of imidazole rings is 1. The predicted octanol–water partition coefficient (Wildman–Crippen LogP) is 3.46. The number of aromatic nitrogens is 2. The van der Waals surface area contributed by atoms with Gasteiger partial charge in [0, 0.05) is 34.2 Å². The first-order chi connectivity index (χ1) is 16.1. The van der Waals surface area contributed by atoms with E-state index in [1.54, 1.807) is 29.7 Å². The molecule has 2 aliphatic rings. The van der Waals surface area contributed by atoms with Gasteiger partial charge in [0.05, 0.1) is 29.2 Å². The van der Waals surface area contributed by atoms with Crippen LogP contribution in [0.2, 0.25) is 0 Å². The number of nitrogens with zero attached hydrogens (tertiary/aromatic N) is 3. The summed E-state index contributed by atoms with van der Waals surface area (Å²) in [6.45, 7) is -4.12. The van der Waals surface area contributed by atoms with Gasteiger partial charge < -0.3 is 19.9 Å². The maximum Gasteiger partial charge on any atom is 0.387 e. The summed E-state index contributed by atoms with van der Waals surface area (Å²) in [4.78, 5) is 18.8. The van der Waals surface area contributed by atoms with Gasteiger partial charge in [-0.05, 0) is 37.3 Å². The van der Waals surface area contributed by atoms with Gasteiger partial charge in [-0.15, -0.1) is 0 Å². The summed E-state index contributed by atoms with van der Waals surface area (Å²) in [7, 11) is 0. The van der Waals surface area contributed by atoms with Crippen molar-refractivity contribution in [3.05, 3.63) is 58.9 Å². The number of nitrogens with two attached hydrogens (primary N) is 1. The predicted molar refractivity (Wildman–Crippen MR) is 111 cm³/mol. The third-order valence-electron chi connectivity index (χ3n) is 5.59. The van der Waals surface area contributed by atoms with Gasteiger partial charge in [-0.25, -0.2) is 4.98 Å². The first kappa shape index (κ1) is 16.3. The van der Waals surface area contributed by atoms with Crippen LogP contribution in [0.5, 0.6) is 5.75 Å². The van der Waals surface area contributed by atoms with Gasteiger partial charge in [0.25, 0.3) is 5.91 Å². The largest absolute Gasteiger partial charge is 0.434 e. The van der Waals surface area contributed by atoms with Crippen molar-refractivity contribution in [2.24, 2.45) is 5.73 Å². The molecule has 0 radical (unpaired) electrons. The molecule has 6 nitrogen and oxygen atoms in total. The van der Waals surface area contributed by atoms with E-state index in [1.807, 2.05) is 0 Å². The SMILES string of the molecule is [2H]C([2H])([2H])N1C(=O)c2cccc(OC(F)F)c2[C@H]2C[C@@H]1c1nc3ccc(C#C[C@@H](C)N)cc3n12. The smallest absolute Gasteiger partial charge is 0.387 e. The van der Waals surface area contributed by atoms with Crippen LogP contribution in [0.25, 0.3) is 11.0 Å². The van der Waals surface area contributed by atoms with Crippen LogP contribution in [-0.2, 0) is 0 Å². The molecule has 0 aliphatic carbocycles. The Morgan fingerprint density at radius 1 is 1.32 bits per heavy atom. The fourth-order valence-electron chi connectivity index (χ4n) is 4.38. The third kappa shape index (κ3) is 3.04. The lowest BCUT2D eigenvalue weighted by molar-refractivity contribution is -0.0507. The average molecular weight is 425 g/mol. The van der Waals surface area contributed by atoms with E-state index in [1.165, 1.54) is 18.2 Å². The number of fused-ring (bicyclic) bond motifs is 9. The van der Waals surface area contributed by atoms with Gasteiger partial charge in [0.2, 0.25) is 0 Å². The normalized spacial score (nSPS) is 22.0. The van der Waals surface area contributed by atoms with E-state index in [0.717, 1.165) is 4.90 Å². The molecule has 0 spiro atoms. The van der Waals surface area contributed by atoms with Crippen LogP contribution in [-0.4, -0.2) is 40.0 Å². The highest BCUT2D eigenvalue weighted by molar-refractivity contribution is 5.97. The molecule has 3 heterocycles. The molecule has 1 amide bonds. The number of hydrogen-bond acceptors (Lipinski definition) is 4. The number of amides is 1. The zero-order valence-corrected chi connectivity index (χ0v) is 16.5. The molecule has 8 heteroatoms. The Bertz CT molecular complexity index is 1370. The van der Waals surface area contributed by atoms with Crippen molar-refractivity contribution < 1.29 is 22.4 Å². The van der Waals surface area contributed by atoms with E-state index in [4.69, 9.17) is 14.6 Å². The zero-order valence-electron chi connectivity index (χ0n) is 19.5. The van der Waals surface area contributed by atoms with Gasteiger partial charge >= 0.3 is 6.61 Å². The van der Waals surface area contributed by atoms with Gasteiger partial charge in [0.1, 0.15) is 11.6 Å².